The Labute approximate surface area is 98.3 Å². The van der Waals surface area contributed by atoms with Crippen molar-refractivity contribution >= 4 is 5.91 Å². The predicted molar refractivity (Wildman–Crippen MR) is 58.7 cm³/mol. The molecule has 1 aromatic rings. The number of halogens is 1. The topological polar surface area (TPSA) is 60.8 Å². The van der Waals surface area contributed by atoms with Crippen LogP contribution >= 0.6 is 0 Å². The van der Waals surface area contributed by atoms with E-state index in [4.69, 9.17) is 0 Å². The van der Waals surface area contributed by atoms with Crippen LogP contribution in [0.4, 0.5) is 4.39 Å². The van der Waals surface area contributed by atoms with Gasteiger partial charge >= 0.3 is 0 Å². The van der Waals surface area contributed by atoms with E-state index in [1.54, 1.807) is 12.1 Å². The highest BCUT2D eigenvalue weighted by Crippen LogP contribution is 2.13. The molecule has 0 aliphatic carbocycles. The minimum Gasteiger partial charge on any atom is -0.388 e. The monoisotopic (exact) mass is 239 g/mol. The van der Waals surface area contributed by atoms with Crippen LogP contribution in [-0.4, -0.2) is 46.3 Å². The average molecular weight is 239 g/mol. The highest BCUT2D eigenvalue weighted by molar-refractivity contribution is 5.79. The molecule has 0 saturated carbocycles. The van der Waals surface area contributed by atoms with Gasteiger partial charge in [0.1, 0.15) is 5.82 Å². The number of nitrogens with zero attached hydrogens (tertiary/aromatic N) is 1. The molecule has 0 unspecified atom stereocenters. The van der Waals surface area contributed by atoms with E-state index in [2.05, 4.69) is 0 Å². The van der Waals surface area contributed by atoms with Gasteiger partial charge < -0.3 is 15.1 Å². The number of aliphatic hydroxyl groups is 2. The van der Waals surface area contributed by atoms with Crippen molar-refractivity contribution < 1.29 is 19.4 Å². The molecule has 2 N–H and O–H groups in total. The number of β-amino-alcohol motifs (C(OH)–C–C–N with tert-alkyl or cyclic N) is 2. The van der Waals surface area contributed by atoms with Crippen LogP contribution in [0.15, 0.2) is 24.3 Å². The van der Waals surface area contributed by atoms with Crippen LogP contribution in [-0.2, 0) is 11.2 Å². The molecule has 5 heteroatoms. The molecule has 1 aromatic carbocycles. The van der Waals surface area contributed by atoms with Gasteiger partial charge in [-0.3, -0.25) is 4.79 Å². The molecule has 2 atom stereocenters. The number of carbonyl (C=O) groups excluding carboxylic acids is 1. The summed E-state index contributed by atoms with van der Waals surface area (Å²) in [6, 6.07) is 5.84. The van der Waals surface area contributed by atoms with Crippen LogP contribution in [0.1, 0.15) is 5.56 Å². The van der Waals surface area contributed by atoms with Crippen LogP contribution in [0, 0.1) is 5.82 Å². The van der Waals surface area contributed by atoms with Gasteiger partial charge in [-0.2, -0.15) is 0 Å². The average Bonchev–Trinajstić information content (AvgIpc) is 2.59. The Balaban J connectivity index is 1.98. The Hall–Kier alpha value is -1.46. The number of benzene rings is 1. The molecule has 92 valence electrons. The third-order valence-corrected chi connectivity index (χ3v) is 2.86. The summed E-state index contributed by atoms with van der Waals surface area (Å²) < 4.78 is 12.9. The standard InChI is InChI=1S/C12H14FNO3/c13-9-3-1-2-8(4-9)5-12(17)14-6-10(15)11(16)7-14/h1-4,10-11,15-16H,5-7H2/t10-,11+. The molecule has 1 saturated heterocycles. The van der Waals surface area contributed by atoms with Gasteiger partial charge in [-0.1, -0.05) is 12.1 Å². The minimum absolute atomic E-state index is 0.0806. The smallest absolute Gasteiger partial charge is 0.227 e. The molecule has 2 rings (SSSR count). The zero-order chi connectivity index (χ0) is 12.4. The Morgan fingerprint density at radius 3 is 2.59 bits per heavy atom. The number of amides is 1. The van der Waals surface area contributed by atoms with Gasteiger partial charge in [0.15, 0.2) is 0 Å². The Morgan fingerprint density at radius 2 is 2.00 bits per heavy atom. The van der Waals surface area contributed by atoms with Crippen molar-refractivity contribution in [2.75, 3.05) is 13.1 Å². The second kappa shape index (κ2) is 4.81. The van der Waals surface area contributed by atoms with Gasteiger partial charge in [-0.15, -0.1) is 0 Å². The van der Waals surface area contributed by atoms with Crippen LogP contribution in [0.3, 0.4) is 0 Å². The highest BCUT2D eigenvalue weighted by Gasteiger charge is 2.32. The molecule has 0 aromatic heterocycles. The maximum Gasteiger partial charge on any atom is 0.227 e. The van der Waals surface area contributed by atoms with Crippen molar-refractivity contribution in [3.05, 3.63) is 35.6 Å². The summed E-state index contributed by atoms with van der Waals surface area (Å²) in [6.07, 6.45) is -1.69. The zero-order valence-electron chi connectivity index (χ0n) is 9.21. The van der Waals surface area contributed by atoms with Crippen LogP contribution < -0.4 is 0 Å². The Morgan fingerprint density at radius 1 is 1.35 bits per heavy atom. The summed E-state index contributed by atoms with van der Waals surface area (Å²) in [7, 11) is 0. The van der Waals surface area contributed by atoms with Crippen molar-refractivity contribution in [1.82, 2.24) is 4.90 Å². The first-order chi connectivity index (χ1) is 8.06. The van der Waals surface area contributed by atoms with Crippen molar-refractivity contribution in [2.45, 2.75) is 18.6 Å². The fourth-order valence-electron chi connectivity index (χ4n) is 1.91. The summed E-state index contributed by atoms with van der Waals surface area (Å²) in [4.78, 5) is 13.2. The first-order valence-electron chi connectivity index (χ1n) is 5.44. The molecule has 17 heavy (non-hydrogen) atoms. The maximum absolute atomic E-state index is 12.9. The van der Waals surface area contributed by atoms with E-state index in [-0.39, 0.29) is 31.2 Å². The first-order valence-corrected chi connectivity index (χ1v) is 5.44. The molecule has 1 fully saturated rings. The van der Waals surface area contributed by atoms with Gasteiger partial charge in [0.2, 0.25) is 5.91 Å². The summed E-state index contributed by atoms with van der Waals surface area (Å²) in [6.45, 7) is 0.268. The second-order valence-corrected chi connectivity index (χ2v) is 4.24. The van der Waals surface area contributed by atoms with Crippen LogP contribution in [0.5, 0.6) is 0 Å². The lowest BCUT2D eigenvalue weighted by Crippen LogP contribution is -2.31. The summed E-state index contributed by atoms with van der Waals surface area (Å²) in [5.74, 6) is -0.594. The van der Waals surface area contributed by atoms with Gasteiger partial charge in [0.25, 0.3) is 0 Å². The third-order valence-electron chi connectivity index (χ3n) is 2.86. The van der Waals surface area contributed by atoms with Crippen molar-refractivity contribution in [1.29, 1.82) is 0 Å². The quantitative estimate of drug-likeness (QED) is 0.759. The molecule has 1 amide bonds. The number of carbonyl (C=O) groups is 1. The summed E-state index contributed by atoms with van der Waals surface area (Å²) >= 11 is 0. The lowest BCUT2D eigenvalue weighted by atomic mass is 10.1. The van der Waals surface area contributed by atoms with Crippen molar-refractivity contribution in [3.63, 3.8) is 0 Å². The fraction of sp³-hybridized carbons (Fsp3) is 0.417. The van der Waals surface area contributed by atoms with E-state index < -0.39 is 12.2 Å². The normalized spacial score (nSPS) is 24.1. The van der Waals surface area contributed by atoms with Gasteiger partial charge in [0.05, 0.1) is 18.6 Å². The predicted octanol–water partition coefficient (Wildman–Crippen LogP) is -0.0678. The van der Waals surface area contributed by atoms with E-state index in [1.807, 2.05) is 0 Å². The summed E-state index contributed by atoms with van der Waals surface area (Å²) in [5.41, 5.74) is 0.589. The maximum atomic E-state index is 12.9. The molecule has 1 aliphatic heterocycles. The second-order valence-electron chi connectivity index (χ2n) is 4.24. The van der Waals surface area contributed by atoms with E-state index in [9.17, 15) is 19.4 Å². The van der Waals surface area contributed by atoms with E-state index >= 15 is 0 Å². The largest absolute Gasteiger partial charge is 0.388 e. The molecule has 1 aliphatic rings. The molecule has 0 bridgehead atoms. The molecule has 0 radical (unpaired) electrons. The third kappa shape index (κ3) is 2.81. The molecule has 1 heterocycles. The van der Waals surface area contributed by atoms with Gasteiger partial charge in [0, 0.05) is 13.1 Å². The van der Waals surface area contributed by atoms with E-state index in [1.165, 1.54) is 17.0 Å². The lowest BCUT2D eigenvalue weighted by molar-refractivity contribution is -0.129. The Kier molecular flexibility index (Phi) is 3.40. The first kappa shape index (κ1) is 12.0. The number of likely N-dealkylation sites (tertiary alicyclic amines) is 1. The number of aliphatic hydroxyl groups excluding tert-OH is 2. The van der Waals surface area contributed by atoms with Crippen LogP contribution in [0.2, 0.25) is 0 Å². The fourth-order valence-corrected chi connectivity index (χ4v) is 1.91. The van der Waals surface area contributed by atoms with Crippen LogP contribution in [0.25, 0.3) is 0 Å². The van der Waals surface area contributed by atoms with Crippen molar-refractivity contribution in [3.8, 4) is 0 Å². The Bertz CT molecular complexity index is 414. The lowest BCUT2D eigenvalue weighted by Gasteiger charge is -2.15. The summed E-state index contributed by atoms with van der Waals surface area (Å²) in [5, 5.41) is 18.6. The van der Waals surface area contributed by atoms with Crippen molar-refractivity contribution in [2.24, 2.45) is 0 Å². The van der Waals surface area contributed by atoms with E-state index in [0.717, 1.165) is 0 Å². The molecular formula is C12H14FNO3. The number of hydrogen-bond acceptors (Lipinski definition) is 3. The minimum atomic E-state index is -0.883. The molecular weight excluding hydrogens is 225 g/mol. The molecule has 4 nitrogen and oxygen atoms in total. The SMILES string of the molecule is O=C(Cc1cccc(F)c1)N1C[C@@H](O)[C@@H](O)C1. The molecule has 0 spiro atoms. The van der Waals surface area contributed by atoms with Gasteiger partial charge in [-0.25, -0.2) is 4.39 Å². The number of hydrogen-bond donors (Lipinski definition) is 2. The van der Waals surface area contributed by atoms with Gasteiger partial charge in [-0.05, 0) is 17.7 Å². The zero-order valence-corrected chi connectivity index (χ0v) is 9.21. The highest BCUT2D eigenvalue weighted by atomic mass is 19.1. The number of rotatable bonds is 2. The van der Waals surface area contributed by atoms with E-state index in [0.29, 0.717) is 5.56 Å².